The number of hydrogen-bond donors (Lipinski definition) is 1. The van der Waals surface area contributed by atoms with Gasteiger partial charge < -0.3 is 19.5 Å². The lowest BCUT2D eigenvalue weighted by Crippen LogP contribution is -2.33. The van der Waals surface area contributed by atoms with E-state index in [2.05, 4.69) is 20.8 Å². The summed E-state index contributed by atoms with van der Waals surface area (Å²) >= 11 is 0. The topological polar surface area (TPSA) is 76.1 Å². The smallest absolute Gasteiger partial charge is 0.295 e. The summed E-state index contributed by atoms with van der Waals surface area (Å²) in [6, 6.07) is 12.2. The lowest BCUT2D eigenvalue weighted by molar-refractivity contribution is -0.140. The Hall–Kier alpha value is -3.12. The first-order valence-corrected chi connectivity index (χ1v) is 11.6. The van der Waals surface area contributed by atoms with Crippen LogP contribution in [0, 0.1) is 6.92 Å². The number of aryl methyl sites for hydroxylation is 1. The molecule has 34 heavy (non-hydrogen) atoms. The van der Waals surface area contributed by atoms with E-state index < -0.39 is 17.7 Å². The molecule has 2 aromatic carbocycles. The van der Waals surface area contributed by atoms with E-state index >= 15 is 0 Å². The zero-order valence-electron chi connectivity index (χ0n) is 21.1. The van der Waals surface area contributed by atoms with Crippen LogP contribution in [0.5, 0.6) is 5.75 Å². The molecule has 2 aromatic rings. The fraction of sp³-hybridized carbons (Fsp3) is 0.429. The molecule has 1 N–H and O–H groups in total. The lowest BCUT2D eigenvalue weighted by atomic mass is 9.84. The molecule has 0 saturated carbocycles. The molecule has 1 amide bonds. The molecule has 0 bridgehead atoms. The van der Waals surface area contributed by atoms with Gasteiger partial charge in [-0.1, -0.05) is 45.0 Å². The highest BCUT2D eigenvalue weighted by Crippen LogP contribution is 2.41. The Labute approximate surface area is 202 Å². The maximum absolute atomic E-state index is 13.3. The van der Waals surface area contributed by atoms with Crippen LogP contribution in [0.15, 0.2) is 48.0 Å². The standard InChI is InChI=1S/C28H35NO5/c1-17(2)34-15-14-29-24(20-11-9-8-10-18(20)3)23(26(31)27(29)32)25(30)19-12-13-22(33-7)21(16-19)28(4,5)6/h8-13,16-17,24,30H,14-15H2,1-7H3/b25-23+. The van der Waals surface area contributed by atoms with Gasteiger partial charge in [0, 0.05) is 17.7 Å². The van der Waals surface area contributed by atoms with E-state index in [-0.39, 0.29) is 29.4 Å². The lowest BCUT2D eigenvalue weighted by Gasteiger charge is -2.27. The molecule has 3 rings (SSSR count). The van der Waals surface area contributed by atoms with Crippen molar-refractivity contribution in [2.24, 2.45) is 0 Å². The van der Waals surface area contributed by atoms with Crippen molar-refractivity contribution in [3.8, 4) is 5.75 Å². The average Bonchev–Trinajstić information content (AvgIpc) is 3.02. The molecule has 0 aliphatic carbocycles. The highest BCUT2D eigenvalue weighted by atomic mass is 16.5. The van der Waals surface area contributed by atoms with Crippen molar-refractivity contribution in [1.82, 2.24) is 4.90 Å². The molecule has 1 atom stereocenters. The van der Waals surface area contributed by atoms with Crippen LogP contribution in [0.3, 0.4) is 0 Å². The number of ketones is 1. The van der Waals surface area contributed by atoms with Crippen molar-refractivity contribution in [2.45, 2.75) is 59.1 Å². The molecule has 6 heteroatoms. The third kappa shape index (κ3) is 5.02. The van der Waals surface area contributed by atoms with Crippen molar-refractivity contribution in [3.63, 3.8) is 0 Å². The average molecular weight is 466 g/mol. The van der Waals surface area contributed by atoms with E-state index in [0.29, 0.717) is 17.9 Å². The fourth-order valence-corrected chi connectivity index (χ4v) is 4.31. The van der Waals surface area contributed by atoms with Crippen LogP contribution in [0.25, 0.3) is 5.76 Å². The summed E-state index contributed by atoms with van der Waals surface area (Å²) in [6.07, 6.45) is 0.00357. The van der Waals surface area contributed by atoms with Gasteiger partial charge in [-0.3, -0.25) is 9.59 Å². The van der Waals surface area contributed by atoms with E-state index in [1.807, 2.05) is 51.1 Å². The molecular formula is C28H35NO5. The van der Waals surface area contributed by atoms with Gasteiger partial charge in [0.1, 0.15) is 11.5 Å². The van der Waals surface area contributed by atoms with Crippen LogP contribution in [0.2, 0.25) is 0 Å². The Morgan fingerprint density at radius 3 is 2.38 bits per heavy atom. The van der Waals surface area contributed by atoms with E-state index in [0.717, 1.165) is 16.7 Å². The Morgan fingerprint density at radius 1 is 1.12 bits per heavy atom. The van der Waals surface area contributed by atoms with Crippen molar-refractivity contribution in [2.75, 3.05) is 20.3 Å². The van der Waals surface area contributed by atoms with Crippen LogP contribution in [0.1, 0.15) is 62.9 Å². The SMILES string of the molecule is COc1ccc(/C(O)=C2\C(=O)C(=O)N(CCOC(C)C)C2c2ccccc2C)cc1C(C)(C)C. The molecule has 0 aromatic heterocycles. The zero-order chi connectivity index (χ0) is 25.2. The van der Waals surface area contributed by atoms with Gasteiger partial charge in [-0.25, -0.2) is 0 Å². The number of aliphatic hydroxyl groups is 1. The van der Waals surface area contributed by atoms with Crippen molar-refractivity contribution < 1.29 is 24.2 Å². The number of methoxy groups -OCH3 is 1. The molecule has 6 nitrogen and oxygen atoms in total. The highest BCUT2D eigenvalue weighted by Gasteiger charge is 2.46. The van der Waals surface area contributed by atoms with Gasteiger partial charge in [-0.05, 0) is 55.5 Å². The molecule has 182 valence electrons. The fourth-order valence-electron chi connectivity index (χ4n) is 4.31. The monoisotopic (exact) mass is 465 g/mol. The Balaban J connectivity index is 2.18. The summed E-state index contributed by atoms with van der Waals surface area (Å²) in [5.74, 6) is -0.812. The molecule has 1 fully saturated rings. The van der Waals surface area contributed by atoms with E-state index in [1.165, 1.54) is 4.90 Å². The minimum atomic E-state index is -0.697. The number of benzene rings is 2. The number of hydrogen-bond acceptors (Lipinski definition) is 5. The summed E-state index contributed by atoms with van der Waals surface area (Å²) in [4.78, 5) is 27.9. The molecule has 1 aliphatic rings. The predicted molar refractivity (Wildman–Crippen MR) is 133 cm³/mol. The van der Waals surface area contributed by atoms with Crippen LogP contribution >= 0.6 is 0 Å². The van der Waals surface area contributed by atoms with Crippen LogP contribution in [-0.4, -0.2) is 48.1 Å². The first kappa shape index (κ1) is 25.5. The number of aliphatic hydroxyl groups excluding tert-OH is 1. The van der Waals surface area contributed by atoms with Crippen LogP contribution in [0.4, 0.5) is 0 Å². The minimum Gasteiger partial charge on any atom is -0.507 e. The minimum absolute atomic E-state index is 0.00357. The van der Waals surface area contributed by atoms with Gasteiger partial charge in [0.05, 0.1) is 31.4 Å². The van der Waals surface area contributed by atoms with E-state index in [9.17, 15) is 14.7 Å². The first-order chi connectivity index (χ1) is 16.0. The summed E-state index contributed by atoms with van der Waals surface area (Å²) in [7, 11) is 1.60. The number of ether oxygens (including phenoxy) is 2. The molecule has 0 radical (unpaired) electrons. The Morgan fingerprint density at radius 2 is 1.79 bits per heavy atom. The third-order valence-corrected chi connectivity index (χ3v) is 6.09. The quantitative estimate of drug-likeness (QED) is 0.348. The van der Waals surface area contributed by atoms with Gasteiger partial charge in [-0.2, -0.15) is 0 Å². The molecule has 1 saturated heterocycles. The summed E-state index contributed by atoms with van der Waals surface area (Å²) in [5, 5.41) is 11.4. The summed E-state index contributed by atoms with van der Waals surface area (Å²) < 4.78 is 11.2. The Bertz CT molecular complexity index is 1110. The second-order valence-corrected chi connectivity index (χ2v) is 9.93. The third-order valence-electron chi connectivity index (χ3n) is 6.09. The van der Waals surface area contributed by atoms with E-state index in [1.54, 1.807) is 19.2 Å². The zero-order valence-corrected chi connectivity index (χ0v) is 21.1. The van der Waals surface area contributed by atoms with Crippen LogP contribution in [-0.2, 0) is 19.7 Å². The van der Waals surface area contributed by atoms with Gasteiger partial charge in [0.25, 0.3) is 11.7 Å². The van der Waals surface area contributed by atoms with Gasteiger partial charge in [0.2, 0.25) is 0 Å². The largest absolute Gasteiger partial charge is 0.507 e. The number of likely N-dealkylation sites (tertiary alicyclic amines) is 1. The Kier molecular flexibility index (Phi) is 7.51. The van der Waals surface area contributed by atoms with Gasteiger partial charge in [0.15, 0.2) is 0 Å². The number of carbonyl (C=O) groups is 2. The second kappa shape index (κ2) is 10.0. The molecule has 0 spiro atoms. The number of carbonyl (C=O) groups excluding carboxylic acids is 2. The normalized spacial score (nSPS) is 18.1. The van der Waals surface area contributed by atoms with Crippen molar-refractivity contribution in [1.29, 1.82) is 0 Å². The number of amides is 1. The number of rotatable bonds is 7. The number of nitrogens with zero attached hydrogens (tertiary/aromatic N) is 1. The maximum Gasteiger partial charge on any atom is 0.295 e. The van der Waals surface area contributed by atoms with Gasteiger partial charge >= 0.3 is 0 Å². The molecule has 1 aliphatic heterocycles. The van der Waals surface area contributed by atoms with Crippen LogP contribution < -0.4 is 4.74 Å². The predicted octanol–water partition coefficient (Wildman–Crippen LogP) is 5.15. The summed E-state index contributed by atoms with van der Waals surface area (Å²) in [5.41, 5.74) is 2.94. The van der Waals surface area contributed by atoms with E-state index in [4.69, 9.17) is 9.47 Å². The highest BCUT2D eigenvalue weighted by molar-refractivity contribution is 6.46. The van der Waals surface area contributed by atoms with Gasteiger partial charge in [-0.15, -0.1) is 0 Å². The molecule has 1 unspecified atom stereocenters. The van der Waals surface area contributed by atoms with Crippen molar-refractivity contribution in [3.05, 3.63) is 70.3 Å². The summed E-state index contributed by atoms with van der Waals surface area (Å²) in [6.45, 7) is 12.5. The first-order valence-electron chi connectivity index (χ1n) is 11.6. The second-order valence-electron chi connectivity index (χ2n) is 9.93. The number of Topliss-reactive ketones (excluding diaryl/α,β-unsaturated/α-hetero) is 1. The van der Waals surface area contributed by atoms with Crippen molar-refractivity contribution >= 4 is 17.4 Å². The molecule has 1 heterocycles. The molecular weight excluding hydrogens is 430 g/mol. The maximum atomic E-state index is 13.3.